The van der Waals surface area contributed by atoms with Crippen molar-refractivity contribution >= 4 is 40.5 Å². The average Bonchev–Trinajstić information content (AvgIpc) is 3.26. The van der Waals surface area contributed by atoms with E-state index in [2.05, 4.69) is 15.5 Å². The Morgan fingerprint density at radius 1 is 1.07 bits per heavy atom. The van der Waals surface area contributed by atoms with Gasteiger partial charge in [0.1, 0.15) is 11.1 Å². The maximum absolute atomic E-state index is 12.7. The molecule has 1 fully saturated rings. The molecule has 1 aromatic carbocycles. The molecule has 8 nitrogen and oxygen atoms in total. The third kappa shape index (κ3) is 3.36. The molecule has 0 aliphatic carbocycles. The van der Waals surface area contributed by atoms with Crippen LogP contribution in [0.5, 0.6) is 0 Å². The van der Waals surface area contributed by atoms with E-state index in [4.69, 9.17) is 23.2 Å². The second-order valence-corrected chi connectivity index (χ2v) is 7.23. The van der Waals surface area contributed by atoms with Crippen LogP contribution in [-0.2, 0) is 11.8 Å². The molecule has 4 rings (SSSR count). The van der Waals surface area contributed by atoms with Crippen molar-refractivity contribution < 1.29 is 4.79 Å². The van der Waals surface area contributed by atoms with Gasteiger partial charge in [-0.05, 0) is 30.7 Å². The molecule has 0 bridgehead atoms. The standard InChI is InChI=1S/C18H16Cl2N6O2/c1-24-10-13(8-21-24)25-7-6-14(17(25)27)23-15-9-22-26(18(28)16(15)20)12-4-2-11(19)3-5-12/h2-5,8-10,14,23H,6-7H2,1H3. The molecular weight excluding hydrogens is 403 g/mol. The number of aryl methyl sites for hydroxylation is 1. The third-order valence-corrected chi connectivity index (χ3v) is 5.15. The summed E-state index contributed by atoms with van der Waals surface area (Å²) in [5.74, 6) is -0.106. The van der Waals surface area contributed by atoms with Crippen molar-refractivity contribution in [3.63, 3.8) is 0 Å². The lowest BCUT2D eigenvalue weighted by atomic mass is 10.2. The molecule has 144 valence electrons. The maximum Gasteiger partial charge on any atom is 0.292 e. The van der Waals surface area contributed by atoms with Crippen molar-refractivity contribution in [3.05, 3.63) is 63.3 Å². The zero-order valence-corrected chi connectivity index (χ0v) is 16.4. The van der Waals surface area contributed by atoms with E-state index in [0.717, 1.165) is 5.69 Å². The molecule has 3 aromatic rings. The van der Waals surface area contributed by atoms with E-state index in [9.17, 15) is 9.59 Å². The second kappa shape index (κ2) is 7.29. The third-order valence-electron chi connectivity index (χ3n) is 4.53. The van der Waals surface area contributed by atoms with Crippen molar-refractivity contribution in [2.24, 2.45) is 7.05 Å². The van der Waals surface area contributed by atoms with Gasteiger partial charge in [0.2, 0.25) is 5.91 Å². The van der Waals surface area contributed by atoms with Gasteiger partial charge in [-0.2, -0.15) is 14.9 Å². The summed E-state index contributed by atoms with van der Waals surface area (Å²) in [6, 6.07) is 6.17. The number of benzene rings is 1. The second-order valence-electron chi connectivity index (χ2n) is 6.41. The van der Waals surface area contributed by atoms with E-state index in [1.807, 2.05) is 0 Å². The van der Waals surface area contributed by atoms with Gasteiger partial charge in [-0.3, -0.25) is 14.3 Å². The van der Waals surface area contributed by atoms with Crippen LogP contribution in [0.1, 0.15) is 6.42 Å². The monoisotopic (exact) mass is 418 g/mol. The Labute approximate surface area is 170 Å². The highest BCUT2D eigenvalue weighted by atomic mass is 35.5. The van der Waals surface area contributed by atoms with E-state index in [-0.39, 0.29) is 10.9 Å². The molecular formula is C18H16Cl2N6O2. The number of nitrogens with zero attached hydrogens (tertiary/aromatic N) is 5. The van der Waals surface area contributed by atoms with E-state index in [1.54, 1.807) is 53.3 Å². The summed E-state index contributed by atoms with van der Waals surface area (Å²) in [6.07, 6.45) is 5.44. The molecule has 2 aromatic heterocycles. The van der Waals surface area contributed by atoms with Crippen LogP contribution in [0.15, 0.2) is 47.7 Å². The average molecular weight is 419 g/mol. The Kier molecular flexibility index (Phi) is 4.82. The highest BCUT2D eigenvalue weighted by Crippen LogP contribution is 2.25. The molecule has 1 aliphatic rings. The fourth-order valence-electron chi connectivity index (χ4n) is 3.11. The summed E-state index contributed by atoms with van der Waals surface area (Å²) >= 11 is 12.1. The summed E-state index contributed by atoms with van der Waals surface area (Å²) < 4.78 is 2.82. The minimum absolute atomic E-state index is 0.0300. The van der Waals surface area contributed by atoms with Crippen LogP contribution >= 0.6 is 23.2 Å². The normalized spacial score (nSPS) is 16.6. The number of amides is 1. The Hall–Kier alpha value is -2.84. The first-order valence-corrected chi connectivity index (χ1v) is 9.30. The van der Waals surface area contributed by atoms with Crippen molar-refractivity contribution in [1.29, 1.82) is 0 Å². The van der Waals surface area contributed by atoms with Crippen LogP contribution in [0.25, 0.3) is 5.69 Å². The molecule has 28 heavy (non-hydrogen) atoms. The van der Waals surface area contributed by atoms with Gasteiger partial charge in [0, 0.05) is 24.8 Å². The predicted molar refractivity (Wildman–Crippen MR) is 107 cm³/mol. The Morgan fingerprint density at radius 2 is 1.82 bits per heavy atom. The molecule has 1 saturated heterocycles. The molecule has 1 unspecified atom stereocenters. The highest BCUT2D eigenvalue weighted by Gasteiger charge is 2.33. The van der Waals surface area contributed by atoms with E-state index in [1.165, 1.54) is 10.9 Å². The number of nitrogens with one attached hydrogen (secondary N) is 1. The number of hydrogen-bond acceptors (Lipinski definition) is 5. The first kappa shape index (κ1) is 18.5. The number of rotatable bonds is 4. The Bertz CT molecular complexity index is 1090. The van der Waals surface area contributed by atoms with Crippen LogP contribution in [0.2, 0.25) is 10.0 Å². The minimum atomic E-state index is -0.495. The van der Waals surface area contributed by atoms with Gasteiger partial charge in [-0.25, -0.2) is 0 Å². The van der Waals surface area contributed by atoms with Crippen LogP contribution in [0.3, 0.4) is 0 Å². The van der Waals surface area contributed by atoms with E-state index < -0.39 is 11.6 Å². The van der Waals surface area contributed by atoms with Gasteiger partial charge >= 0.3 is 0 Å². The van der Waals surface area contributed by atoms with Gasteiger partial charge in [0.05, 0.1) is 29.5 Å². The summed E-state index contributed by atoms with van der Waals surface area (Å²) in [5.41, 5.74) is 1.12. The first-order valence-electron chi connectivity index (χ1n) is 8.54. The van der Waals surface area contributed by atoms with E-state index >= 15 is 0 Å². The van der Waals surface area contributed by atoms with Crippen molar-refractivity contribution in [3.8, 4) is 5.69 Å². The van der Waals surface area contributed by atoms with Gasteiger partial charge in [-0.15, -0.1) is 0 Å². The molecule has 3 heterocycles. The fraction of sp³-hybridized carbons (Fsp3) is 0.222. The van der Waals surface area contributed by atoms with Gasteiger partial charge in [-0.1, -0.05) is 23.2 Å². The number of halogens is 2. The maximum atomic E-state index is 12.7. The van der Waals surface area contributed by atoms with Gasteiger partial charge < -0.3 is 10.2 Å². The molecule has 0 radical (unpaired) electrons. The number of anilines is 2. The lowest BCUT2D eigenvalue weighted by Gasteiger charge is -2.16. The summed E-state index contributed by atoms with van der Waals surface area (Å²) in [4.78, 5) is 27.0. The molecule has 10 heteroatoms. The first-order chi connectivity index (χ1) is 13.4. The van der Waals surface area contributed by atoms with E-state index in [0.29, 0.717) is 29.4 Å². The molecule has 1 aliphatic heterocycles. The molecule has 1 atom stereocenters. The minimum Gasteiger partial charge on any atom is -0.371 e. The Morgan fingerprint density at radius 3 is 2.50 bits per heavy atom. The van der Waals surface area contributed by atoms with Crippen molar-refractivity contribution in [2.75, 3.05) is 16.8 Å². The summed E-state index contributed by atoms with van der Waals surface area (Å²) in [7, 11) is 1.79. The number of aromatic nitrogens is 4. The topological polar surface area (TPSA) is 85.0 Å². The molecule has 0 saturated carbocycles. The van der Waals surface area contributed by atoms with Gasteiger partial charge in [0.15, 0.2) is 0 Å². The fourth-order valence-corrected chi connectivity index (χ4v) is 3.41. The van der Waals surface area contributed by atoms with Gasteiger partial charge in [0.25, 0.3) is 5.56 Å². The summed E-state index contributed by atoms with van der Waals surface area (Å²) in [6.45, 7) is 0.551. The van der Waals surface area contributed by atoms with Crippen LogP contribution < -0.4 is 15.8 Å². The summed E-state index contributed by atoms with van der Waals surface area (Å²) in [5, 5.41) is 11.8. The Balaban J connectivity index is 1.56. The van der Waals surface area contributed by atoms with Crippen molar-refractivity contribution in [1.82, 2.24) is 19.6 Å². The highest BCUT2D eigenvalue weighted by molar-refractivity contribution is 6.33. The number of hydrogen-bond donors (Lipinski definition) is 1. The van der Waals surface area contributed by atoms with Crippen LogP contribution in [-0.4, -0.2) is 38.1 Å². The van der Waals surface area contributed by atoms with Crippen molar-refractivity contribution in [2.45, 2.75) is 12.5 Å². The zero-order chi connectivity index (χ0) is 19.8. The van der Waals surface area contributed by atoms with Crippen LogP contribution in [0.4, 0.5) is 11.4 Å². The van der Waals surface area contributed by atoms with Crippen LogP contribution in [0, 0.1) is 0 Å². The number of carbonyl (C=O) groups is 1. The number of carbonyl (C=O) groups excluding carboxylic acids is 1. The molecule has 1 amide bonds. The molecule has 1 N–H and O–H groups in total. The SMILES string of the molecule is Cn1cc(N2CCC(Nc3cnn(-c4ccc(Cl)cc4)c(=O)c3Cl)C2=O)cn1. The largest absolute Gasteiger partial charge is 0.371 e. The smallest absolute Gasteiger partial charge is 0.292 e. The molecule has 0 spiro atoms. The predicted octanol–water partition coefficient (Wildman–Crippen LogP) is 2.49. The zero-order valence-electron chi connectivity index (χ0n) is 14.8. The lowest BCUT2D eigenvalue weighted by Crippen LogP contribution is -2.34. The quantitative estimate of drug-likeness (QED) is 0.703. The lowest BCUT2D eigenvalue weighted by molar-refractivity contribution is -0.117.